The quantitative estimate of drug-likeness (QED) is 0.673. The van der Waals surface area contributed by atoms with Crippen LogP contribution in [0.5, 0.6) is 0 Å². The molecule has 1 heterocycles. The highest BCUT2D eigenvalue weighted by molar-refractivity contribution is 5.78. The molecule has 1 aliphatic carbocycles. The Kier molecular flexibility index (Phi) is 4.68. The van der Waals surface area contributed by atoms with Crippen LogP contribution in [0.2, 0.25) is 0 Å². The van der Waals surface area contributed by atoms with Crippen molar-refractivity contribution >= 4 is 5.96 Å². The van der Waals surface area contributed by atoms with Crippen LogP contribution < -0.4 is 11.1 Å². The van der Waals surface area contributed by atoms with Gasteiger partial charge < -0.3 is 11.1 Å². The van der Waals surface area contributed by atoms with E-state index >= 15 is 0 Å². The average Bonchev–Trinajstić information content (AvgIpc) is 3.07. The standard InChI is InChI=1S/C18H22N4/c19-18(22-16-8-1-2-9-16)21-13-14-6-5-7-15(12-14)17-10-3-4-11-20-17/h3-7,10-12,16H,1-2,8-9,13H2,(H3,19,21,22). The van der Waals surface area contributed by atoms with E-state index in [2.05, 4.69) is 33.5 Å². The summed E-state index contributed by atoms with van der Waals surface area (Å²) in [5.74, 6) is 0.551. The van der Waals surface area contributed by atoms with E-state index in [1.807, 2.05) is 30.5 Å². The van der Waals surface area contributed by atoms with Crippen molar-refractivity contribution in [2.75, 3.05) is 0 Å². The Bertz CT molecular complexity index is 631. The highest BCUT2D eigenvalue weighted by Crippen LogP contribution is 2.19. The van der Waals surface area contributed by atoms with Gasteiger partial charge in [0.2, 0.25) is 0 Å². The smallest absolute Gasteiger partial charge is 0.189 e. The molecule has 1 aliphatic rings. The molecule has 1 fully saturated rings. The third-order valence-electron chi connectivity index (χ3n) is 4.03. The summed E-state index contributed by atoms with van der Waals surface area (Å²) in [4.78, 5) is 8.84. The number of benzene rings is 1. The van der Waals surface area contributed by atoms with Gasteiger partial charge >= 0.3 is 0 Å². The third-order valence-corrected chi connectivity index (χ3v) is 4.03. The van der Waals surface area contributed by atoms with E-state index < -0.39 is 0 Å². The summed E-state index contributed by atoms with van der Waals surface area (Å²) in [7, 11) is 0. The second-order valence-electron chi connectivity index (χ2n) is 5.74. The molecule has 0 saturated heterocycles. The van der Waals surface area contributed by atoms with Crippen LogP contribution in [0, 0.1) is 0 Å². The Morgan fingerprint density at radius 2 is 2.05 bits per heavy atom. The summed E-state index contributed by atoms with van der Waals surface area (Å²) in [5.41, 5.74) is 9.20. The number of hydrogen-bond donors (Lipinski definition) is 2. The van der Waals surface area contributed by atoms with Gasteiger partial charge in [-0.1, -0.05) is 37.1 Å². The van der Waals surface area contributed by atoms with Crippen LogP contribution >= 0.6 is 0 Å². The number of guanidine groups is 1. The minimum Gasteiger partial charge on any atom is -0.370 e. The van der Waals surface area contributed by atoms with Crippen molar-refractivity contribution < 1.29 is 0 Å². The Morgan fingerprint density at radius 1 is 1.18 bits per heavy atom. The molecule has 1 saturated carbocycles. The number of nitrogens with one attached hydrogen (secondary N) is 1. The van der Waals surface area contributed by atoms with Gasteiger partial charge in [-0.25, -0.2) is 4.99 Å². The van der Waals surface area contributed by atoms with Crippen molar-refractivity contribution in [3.8, 4) is 11.3 Å². The zero-order valence-corrected chi connectivity index (χ0v) is 12.7. The minimum absolute atomic E-state index is 0.503. The number of rotatable bonds is 4. The molecule has 0 bridgehead atoms. The van der Waals surface area contributed by atoms with Crippen molar-refractivity contribution in [1.29, 1.82) is 0 Å². The fraction of sp³-hybridized carbons (Fsp3) is 0.333. The van der Waals surface area contributed by atoms with Gasteiger partial charge in [0.15, 0.2) is 5.96 Å². The van der Waals surface area contributed by atoms with Gasteiger partial charge in [-0.2, -0.15) is 0 Å². The van der Waals surface area contributed by atoms with Gasteiger partial charge in [-0.15, -0.1) is 0 Å². The molecule has 0 aliphatic heterocycles. The topological polar surface area (TPSA) is 63.3 Å². The van der Waals surface area contributed by atoms with E-state index in [1.54, 1.807) is 0 Å². The zero-order valence-electron chi connectivity index (χ0n) is 12.7. The molecule has 0 unspecified atom stereocenters. The fourth-order valence-electron chi connectivity index (χ4n) is 2.86. The van der Waals surface area contributed by atoms with Crippen molar-refractivity contribution in [3.05, 3.63) is 54.2 Å². The van der Waals surface area contributed by atoms with Crippen LogP contribution in [0.15, 0.2) is 53.7 Å². The molecule has 2 aromatic rings. The molecule has 3 N–H and O–H groups in total. The molecule has 22 heavy (non-hydrogen) atoms. The number of aromatic nitrogens is 1. The SMILES string of the molecule is NC(=NCc1cccc(-c2ccccn2)c1)NC1CCCC1. The van der Waals surface area contributed by atoms with Crippen molar-refractivity contribution in [3.63, 3.8) is 0 Å². The fourth-order valence-corrected chi connectivity index (χ4v) is 2.86. The lowest BCUT2D eigenvalue weighted by atomic mass is 10.1. The summed E-state index contributed by atoms with van der Waals surface area (Å²) in [6.07, 6.45) is 6.79. The van der Waals surface area contributed by atoms with Gasteiger partial charge in [0, 0.05) is 17.8 Å². The van der Waals surface area contributed by atoms with E-state index in [-0.39, 0.29) is 0 Å². The summed E-state index contributed by atoms with van der Waals surface area (Å²) < 4.78 is 0. The number of aliphatic imine (C=N–C) groups is 1. The summed E-state index contributed by atoms with van der Waals surface area (Å²) in [6.45, 7) is 0.590. The predicted octanol–water partition coefficient (Wildman–Crippen LogP) is 3.10. The molecule has 0 radical (unpaired) electrons. The molecule has 0 amide bonds. The largest absolute Gasteiger partial charge is 0.370 e. The molecular weight excluding hydrogens is 272 g/mol. The molecular formula is C18H22N4. The molecule has 4 nitrogen and oxygen atoms in total. The monoisotopic (exact) mass is 294 g/mol. The number of hydrogen-bond acceptors (Lipinski definition) is 2. The number of pyridine rings is 1. The number of nitrogens with zero attached hydrogens (tertiary/aromatic N) is 2. The van der Waals surface area contributed by atoms with E-state index in [0.29, 0.717) is 18.5 Å². The maximum Gasteiger partial charge on any atom is 0.189 e. The first-order chi connectivity index (χ1) is 10.8. The Labute approximate surface area is 131 Å². The summed E-state index contributed by atoms with van der Waals surface area (Å²) in [5, 5.41) is 3.31. The average molecular weight is 294 g/mol. The van der Waals surface area contributed by atoms with Gasteiger partial charge in [0.25, 0.3) is 0 Å². The highest BCUT2D eigenvalue weighted by Gasteiger charge is 2.14. The predicted molar refractivity (Wildman–Crippen MR) is 90.4 cm³/mol. The highest BCUT2D eigenvalue weighted by atomic mass is 15.1. The van der Waals surface area contributed by atoms with E-state index in [0.717, 1.165) is 16.8 Å². The zero-order chi connectivity index (χ0) is 15.2. The van der Waals surface area contributed by atoms with Crippen LogP contribution in [-0.4, -0.2) is 17.0 Å². The maximum atomic E-state index is 5.98. The minimum atomic E-state index is 0.503. The Balaban J connectivity index is 1.65. The molecule has 1 aromatic heterocycles. The normalized spacial score (nSPS) is 15.9. The first-order valence-corrected chi connectivity index (χ1v) is 7.88. The van der Waals surface area contributed by atoms with Crippen LogP contribution in [0.3, 0.4) is 0 Å². The van der Waals surface area contributed by atoms with Gasteiger partial charge in [-0.05, 0) is 36.6 Å². The molecule has 0 spiro atoms. The van der Waals surface area contributed by atoms with E-state index in [9.17, 15) is 0 Å². The first-order valence-electron chi connectivity index (χ1n) is 7.88. The van der Waals surface area contributed by atoms with Crippen LogP contribution in [0.4, 0.5) is 0 Å². The molecule has 114 valence electrons. The Hall–Kier alpha value is -2.36. The second-order valence-corrected chi connectivity index (χ2v) is 5.74. The van der Waals surface area contributed by atoms with Gasteiger partial charge in [0.1, 0.15) is 0 Å². The lowest BCUT2D eigenvalue weighted by Gasteiger charge is -2.12. The Morgan fingerprint density at radius 3 is 2.82 bits per heavy atom. The lowest BCUT2D eigenvalue weighted by Crippen LogP contribution is -2.38. The number of nitrogens with two attached hydrogens (primary N) is 1. The molecule has 3 rings (SSSR count). The van der Waals surface area contributed by atoms with Crippen molar-refractivity contribution in [1.82, 2.24) is 10.3 Å². The lowest BCUT2D eigenvalue weighted by molar-refractivity contribution is 0.625. The van der Waals surface area contributed by atoms with E-state index in [4.69, 9.17) is 5.73 Å². The first kappa shape index (κ1) is 14.6. The van der Waals surface area contributed by atoms with E-state index in [1.165, 1.54) is 25.7 Å². The van der Waals surface area contributed by atoms with Crippen LogP contribution in [0.25, 0.3) is 11.3 Å². The summed E-state index contributed by atoms with van der Waals surface area (Å²) in [6, 6.07) is 14.7. The van der Waals surface area contributed by atoms with Crippen LogP contribution in [0.1, 0.15) is 31.2 Å². The molecule has 4 heteroatoms. The van der Waals surface area contributed by atoms with Gasteiger partial charge in [0.05, 0.1) is 12.2 Å². The van der Waals surface area contributed by atoms with Crippen LogP contribution in [-0.2, 0) is 6.54 Å². The second kappa shape index (κ2) is 7.07. The van der Waals surface area contributed by atoms with Crippen molar-refractivity contribution in [2.24, 2.45) is 10.7 Å². The molecule has 0 atom stereocenters. The van der Waals surface area contributed by atoms with Gasteiger partial charge in [-0.3, -0.25) is 4.98 Å². The van der Waals surface area contributed by atoms with Crippen molar-refractivity contribution in [2.45, 2.75) is 38.3 Å². The summed E-state index contributed by atoms with van der Waals surface area (Å²) >= 11 is 0. The molecule has 1 aromatic carbocycles. The maximum absolute atomic E-state index is 5.98. The third kappa shape index (κ3) is 3.85.